The number of nitrogens with zero attached hydrogens (tertiary/aromatic N) is 3. The number of nitrogens with two attached hydrogens (primary N) is 1. The summed E-state index contributed by atoms with van der Waals surface area (Å²) in [4.78, 5) is 0. The third kappa shape index (κ3) is 1.19. The van der Waals surface area contributed by atoms with E-state index in [4.69, 9.17) is 11.0 Å². The van der Waals surface area contributed by atoms with Crippen LogP contribution in [0.3, 0.4) is 0 Å². The highest BCUT2D eigenvalue weighted by Gasteiger charge is 2.23. The minimum Gasteiger partial charge on any atom is -0.710 e. The van der Waals surface area contributed by atoms with Gasteiger partial charge in [-0.25, -0.2) is 4.73 Å². The number of rotatable bonds is 0. The Labute approximate surface area is 90.9 Å². The van der Waals surface area contributed by atoms with Crippen molar-refractivity contribution in [3.05, 3.63) is 39.9 Å². The molecule has 1 aromatic carbocycles. The zero-order valence-electron chi connectivity index (χ0n) is 8.47. The van der Waals surface area contributed by atoms with Crippen molar-refractivity contribution in [2.45, 2.75) is 6.92 Å². The zero-order valence-corrected chi connectivity index (χ0v) is 8.47. The molecule has 1 aromatic heterocycles. The van der Waals surface area contributed by atoms with Crippen LogP contribution in [-0.2, 0) is 0 Å². The van der Waals surface area contributed by atoms with Crippen LogP contribution in [0.5, 0.6) is 0 Å². The topological polar surface area (TPSA) is 104 Å². The van der Waals surface area contributed by atoms with Crippen LogP contribution in [-0.4, -0.2) is 0 Å². The summed E-state index contributed by atoms with van der Waals surface area (Å²) >= 11 is 0. The second-order valence-electron chi connectivity index (χ2n) is 3.43. The maximum absolute atomic E-state index is 11.7. The second-order valence-corrected chi connectivity index (χ2v) is 3.43. The van der Waals surface area contributed by atoms with Gasteiger partial charge < -0.3 is 10.4 Å². The molecule has 0 aliphatic carbocycles. The molecular formula is C10H8N4O2. The van der Waals surface area contributed by atoms with Crippen molar-refractivity contribution in [2.75, 3.05) is 5.73 Å². The van der Waals surface area contributed by atoms with Gasteiger partial charge in [-0.15, -0.1) is 4.73 Å². The highest BCUT2D eigenvalue weighted by molar-refractivity contribution is 5.70. The van der Waals surface area contributed by atoms with E-state index in [2.05, 4.69) is 0 Å². The molecule has 6 nitrogen and oxygen atoms in total. The van der Waals surface area contributed by atoms with Gasteiger partial charge in [0.1, 0.15) is 0 Å². The summed E-state index contributed by atoms with van der Waals surface area (Å²) in [6.45, 7) is 1.79. The van der Waals surface area contributed by atoms with Crippen molar-refractivity contribution in [2.24, 2.45) is 0 Å². The monoisotopic (exact) mass is 216 g/mol. The van der Waals surface area contributed by atoms with Gasteiger partial charge in [0, 0.05) is 6.07 Å². The lowest BCUT2D eigenvalue weighted by Gasteiger charge is -2.10. The Kier molecular flexibility index (Phi) is 2.02. The first kappa shape index (κ1) is 9.98. The molecule has 6 heteroatoms. The largest absolute Gasteiger partial charge is 0.710 e. The molecule has 0 aliphatic rings. The lowest BCUT2D eigenvalue weighted by molar-refractivity contribution is -0.620. The number of nitriles is 1. The lowest BCUT2D eigenvalue weighted by atomic mass is 10.2. The maximum atomic E-state index is 11.7. The van der Waals surface area contributed by atoms with Gasteiger partial charge in [0.15, 0.2) is 6.07 Å². The predicted molar refractivity (Wildman–Crippen MR) is 55.7 cm³/mol. The molecule has 0 saturated heterocycles. The molecular weight excluding hydrogens is 208 g/mol. The molecule has 0 radical (unpaired) electrons. The third-order valence-electron chi connectivity index (χ3n) is 2.34. The van der Waals surface area contributed by atoms with E-state index >= 15 is 0 Å². The second kappa shape index (κ2) is 3.24. The number of aromatic nitrogens is 2. The number of benzene rings is 1. The van der Waals surface area contributed by atoms with Gasteiger partial charge in [0.05, 0.1) is 0 Å². The number of aryl methyl sites for hydroxylation is 1. The van der Waals surface area contributed by atoms with E-state index in [0.29, 0.717) is 9.46 Å². The van der Waals surface area contributed by atoms with E-state index in [1.54, 1.807) is 19.1 Å². The van der Waals surface area contributed by atoms with Crippen molar-refractivity contribution in [3.8, 4) is 6.07 Å². The normalized spacial score (nSPS) is 10.2. The number of anilines is 1. The fourth-order valence-electron chi connectivity index (χ4n) is 1.52. The van der Waals surface area contributed by atoms with E-state index in [1.807, 2.05) is 0 Å². The SMILES string of the molecule is Cc1ccc2c(c1)[n+]([O-])c(C#N)c(N)[n+]2[O-]. The van der Waals surface area contributed by atoms with Crippen LogP contribution in [0, 0.1) is 28.7 Å². The van der Waals surface area contributed by atoms with Gasteiger partial charge in [-0.05, 0) is 18.6 Å². The summed E-state index contributed by atoms with van der Waals surface area (Å²) in [5.41, 5.74) is 6.14. The Morgan fingerprint density at radius 3 is 2.56 bits per heavy atom. The third-order valence-corrected chi connectivity index (χ3v) is 2.34. The summed E-state index contributed by atoms with van der Waals surface area (Å²) in [5, 5.41) is 32.2. The molecule has 0 aliphatic heterocycles. The number of fused-ring (bicyclic) bond motifs is 1. The molecule has 0 saturated carbocycles. The van der Waals surface area contributed by atoms with Crippen molar-refractivity contribution in [1.29, 1.82) is 5.26 Å². The highest BCUT2D eigenvalue weighted by Crippen LogP contribution is 2.11. The van der Waals surface area contributed by atoms with Gasteiger partial charge >= 0.3 is 11.5 Å². The quantitative estimate of drug-likeness (QED) is 0.489. The standard InChI is InChI=1S/C10H8N4O2/c1-6-2-3-7-8(4-6)13(15)9(5-11)10(12)14(7)16/h2-4H,12H2,1H3. The molecule has 2 aromatic rings. The molecule has 0 fully saturated rings. The van der Waals surface area contributed by atoms with Gasteiger partial charge in [-0.2, -0.15) is 5.26 Å². The molecule has 80 valence electrons. The molecule has 1 heterocycles. The van der Waals surface area contributed by atoms with Crippen LogP contribution in [0.1, 0.15) is 11.3 Å². The molecule has 16 heavy (non-hydrogen) atoms. The zero-order chi connectivity index (χ0) is 11.9. The van der Waals surface area contributed by atoms with Crippen LogP contribution < -0.4 is 15.2 Å². The van der Waals surface area contributed by atoms with E-state index in [0.717, 1.165) is 5.56 Å². The van der Waals surface area contributed by atoms with Crippen LogP contribution >= 0.6 is 0 Å². The van der Waals surface area contributed by atoms with E-state index in [1.165, 1.54) is 12.1 Å². The minimum absolute atomic E-state index is 0.140. The summed E-state index contributed by atoms with van der Waals surface area (Å²) in [7, 11) is 0. The van der Waals surface area contributed by atoms with Crippen molar-refractivity contribution < 1.29 is 9.46 Å². The predicted octanol–water partition coefficient (Wildman–Crippen LogP) is -0.131. The number of hydrogen-bond donors (Lipinski definition) is 1. The first-order chi connectivity index (χ1) is 7.56. The van der Waals surface area contributed by atoms with Gasteiger partial charge in [0.25, 0.3) is 5.52 Å². The Hall–Kier alpha value is -2.55. The highest BCUT2D eigenvalue weighted by atomic mass is 16.5. The first-order valence-corrected chi connectivity index (χ1v) is 4.51. The van der Waals surface area contributed by atoms with E-state index in [9.17, 15) is 10.4 Å². The Balaban J connectivity index is 3.03. The van der Waals surface area contributed by atoms with Crippen molar-refractivity contribution in [1.82, 2.24) is 0 Å². The Bertz CT molecular complexity index is 631. The average molecular weight is 216 g/mol. The molecule has 0 unspecified atom stereocenters. The molecule has 0 bridgehead atoms. The summed E-state index contributed by atoms with van der Waals surface area (Å²) in [6.07, 6.45) is 0. The van der Waals surface area contributed by atoms with Crippen molar-refractivity contribution in [3.63, 3.8) is 0 Å². The van der Waals surface area contributed by atoms with Crippen LogP contribution in [0.2, 0.25) is 0 Å². The molecule has 0 spiro atoms. The van der Waals surface area contributed by atoms with Gasteiger partial charge in [-0.3, -0.25) is 5.73 Å². The average Bonchev–Trinajstić information content (AvgIpc) is 2.27. The van der Waals surface area contributed by atoms with Crippen molar-refractivity contribution >= 4 is 16.9 Å². The molecule has 2 N–H and O–H groups in total. The lowest BCUT2D eigenvalue weighted by Crippen LogP contribution is -2.43. The Morgan fingerprint density at radius 2 is 1.94 bits per heavy atom. The molecule has 0 atom stereocenters. The van der Waals surface area contributed by atoms with E-state index < -0.39 is 0 Å². The van der Waals surface area contributed by atoms with Crippen LogP contribution in [0.4, 0.5) is 5.82 Å². The summed E-state index contributed by atoms with van der Waals surface area (Å²) < 4.78 is 0.772. The fourth-order valence-corrected chi connectivity index (χ4v) is 1.52. The summed E-state index contributed by atoms with van der Waals surface area (Å²) in [6, 6.07) is 6.36. The molecule has 2 rings (SSSR count). The van der Waals surface area contributed by atoms with E-state index in [-0.39, 0.29) is 22.5 Å². The fraction of sp³-hybridized carbons (Fsp3) is 0.100. The summed E-state index contributed by atoms with van der Waals surface area (Å²) in [5.74, 6) is -0.381. The number of hydrogen-bond acceptors (Lipinski definition) is 4. The van der Waals surface area contributed by atoms with Crippen LogP contribution in [0.25, 0.3) is 11.0 Å². The van der Waals surface area contributed by atoms with Crippen LogP contribution in [0.15, 0.2) is 18.2 Å². The minimum atomic E-state index is -0.381. The first-order valence-electron chi connectivity index (χ1n) is 4.51. The smallest absolute Gasteiger partial charge is 0.385 e. The molecule has 0 amide bonds. The van der Waals surface area contributed by atoms with Gasteiger partial charge in [-0.1, -0.05) is 6.07 Å². The Morgan fingerprint density at radius 1 is 1.25 bits per heavy atom. The maximum Gasteiger partial charge on any atom is 0.385 e. The number of nitrogen functional groups attached to an aromatic ring is 1. The van der Waals surface area contributed by atoms with Gasteiger partial charge in [0.2, 0.25) is 5.52 Å².